The first-order valence-electron chi connectivity index (χ1n) is 12.6. The maximum absolute atomic E-state index is 13.5. The molecule has 0 amide bonds. The molecule has 1 fully saturated rings. The predicted molar refractivity (Wildman–Crippen MR) is 133 cm³/mol. The first kappa shape index (κ1) is 30.8. The highest BCUT2D eigenvalue weighted by Crippen LogP contribution is 2.41. The smallest absolute Gasteiger partial charge is 0.410 e. The van der Waals surface area contributed by atoms with Crippen molar-refractivity contribution >= 4 is 23.7 Å². The number of nitrogens with zero attached hydrogens (tertiary/aromatic N) is 4. The number of hydrogen-bond donors (Lipinski definition) is 5. The monoisotopic (exact) mass is 571 g/mol. The molecule has 2 aliphatic heterocycles. The highest BCUT2D eigenvalue weighted by atomic mass is 19.4. The molecule has 2 aromatic rings. The highest BCUT2D eigenvalue weighted by Gasteiger charge is 2.46. The minimum atomic E-state index is -4.29. The van der Waals surface area contributed by atoms with Gasteiger partial charge in [0.25, 0.3) is 0 Å². The van der Waals surface area contributed by atoms with Gasteiger partial charge in [0.05, 0.1) is 24.6 Å². The normalized spacial score (nSPS) is 21.1. The van der Waals surface area contributed by atoms with Gasteiger partial charge in [-0.1, -0.05) is 0 Å². The van der Waals surface area contributed by atoms with Gasteiger partial charge in [-0.2, -0.15) is 18.3 Å². The molecule has 0 bridgehead atoms. The van der Waals surface area contributed by atoms with Crippen molar-refractivity contribution < 1.29 is 48.0 Å². The Balaban J connectivity index is 0.000000289. The number of carboxylic acids is 3. The number of fused-ring (bicyclic) bond motifs is 1. The number of alkyl halides is 3. The first-order chi connectivity index (χ1) is 18.6. The molecule has 0 saturated carbocycles. The molecule has 12 nitrogen and oxygen atoms in total. The van der Waals surface area contributed by atoms with Crippen LogP contribution in [0.4, 0.5) is 19.0 Å². The van der Waals surface area contributed by atoms with Crippen molar-refractivity contribution in [1.82, 2.24) is 19.7 Å². The summed E-state index contributed by atoms with van der Waals surface area (Å²) < 4.78 is 41.6. The molecule has 0 aliphatic carbocycles. The second kappa shape index (κ2) is 12.2. The first-order valence-corrected chi connectivity index (χ1v) is 12.6. The van der Waals surface area contributed by atoms with E-state index in [1.807, 2.05) is 19.2 Å². The molecule has 3 atom stereocenters. The molecule has 4 rings (SSSR count). The van der Waals surface area contributed by atoms with Gasteiger partial charge in [-0.15, -0.1) is 0 Å². The lowest BCUT2D eigenvalue weighted by Crippen LogP contribution is -2.42. The number of anilines is 1. The van der Waals surface area contributed by atoms with Crippen LogP contribution in [0.3, 0.4) is 0 Å². The topological polar surface area (TPSA) is 178 Å². The third-order valence-electron chi connectivity index (χ3n) is 6.90. The van der Waals surface area contributed by atoms with Crippen molar-refractivity contribution in [3.63, 3.8) is 0 Å². The van der Waals surface area contributed by atoms with E-state index in [1.165, 1.54) is 5.56 Å². The van der Waals surface area contributed by atoms with Gasteiger partial charge >= 0.3 is 24.1 Å². The molecule has 40 heavy (non-hydrogen) atoms. The van der Waals surface area contributed by atoms with Crippen LogP contribution in [0.5, 0.6) is 0 Å². The molecule has 0 spiro atoms. The van der Waals surface area contributed by atoms with E-state index in [1.54, 1.807) is 19.2 Å². The fourth-order valence-corrected chi connectivity index (χ4v) is 4.90. The minimum absolute atomic E-state index is 0.00219. The molecule has 1 unspecified atom stereocenters. The average Bonchev–Trinajstić information content (AvgIpc) is 3.45. The number of likely N-dealkylation sites (tertiary alicyclic amines) is 1. The molecular formula is C25H32F3N5O7. The van der Waals surface area contributed by atoms with Gasteiger partial charge in [-0.05, 0) is 56.8 Å². The lowest BCUT2D eigenvalue weighted by molar-refractivity contribution is -0.173. The minimum Gasteiger partial charge on any atom is -0.481 e. The largest absolute Gasteiger partial charge is 0.481 e. The summed E-state index contributed by atoms with van der Waals surface area (Å²) in [7, 11) is 0. The summed E-state index contributed by atoms with van der Waals surface area (Å²) in [6.45, 7) is 5.49. The number of hydrogen-bond acceptors (Lipinski definition) is 8. The molecule has 15 heteroatoms. The molecule has 4 heterocycles. The van der Waals surface area contributed by atoms with Crippen LogP contribution in [0.1, 0.15) is 67.9 Å². The van der Waals surface area contributed by atoms with E-state index in [4.69, 9.17) is 20.4 Å². The molecule has 1 saturated heterocycles. The summed E-state index contributed by atoms with van der Waals surface area (Å²) in [6, 6.07) is 2.06. The van der Waals surface area contributed by atoms with Gasteiger partial charge in [0.15, 0.2) is 11.6 Å². The number of aromatic nitrogens is 3. The van der Waals surface area contributed by atoms with Gasteiger partial charge in [0.1, 0.15) is 5.82 Å². The van der Waals surface area contributed by atoms with Crippen LogP contribution in [-0.2, 0) is 20.9 Å². The second-order valence-electron chi connectivity index (χ2n) is 10.1. The number of aliphatic carboxylic acids is 3. The molecular weight excluding hydrogens is 539 g/mol. The van der Waals surface area contributed by atoms with Crippen LogP contribution in [0, 0.1) is 6.92 Å². The highest BCUT2D eigenvalue weighted by molar-refractivity contribution is 5.88. The maximum Gasteiger partial charge on any atom is 0.410 e. The zero-order chi connectivity index (χ0) is 29.8. The third kappa shape index (κ3) is 7.47. The summed E-state index contributed by atoms with van der Waals surface area (Å²) in [6.07, 6.45) is -1.03. The molecule has 0 radical (unpaired) electrons. The Kier molecular flexibility index (Phi) is 9.40. The Morgan fingerprint density at radius 1 is 1.15 bits per heavy atom. The lowest BCUT2D eigenvalue weighted by atomic mass is 9.96. The van der Waals surface area contributed by atoms with E-state index in [9.17, 15) is 27.6 Å². The summed E-state index contributed by atoms with van der Waals surface area (Å²) in [5, 5.41) is 41.4. The number of aryl methyl sites for hydroxylation is 1. The SMILES string of the molecule is Cc1cnccc1CN1CCCC1c1cc2n(n1)[C@@H](C(F)(F)F)C[C@@H](C)N2.O=C(O)CC(O)(CC(=O)O)C(=O)O. The van der Waals surface area contributed by atoms with Gasteiger partial charge in [-0.3, -0.25) is 19.5 Å². The quantitative estimate of drug-likeness (QED) is 0.315. The summed E-state index contributed by atoms with van der Waals surface area (Å²) in [5.74, 6) is -4.55. The third-order valence-corrected chi connectivity index (χ3v) is 6.90. The molecule has 2 aliphatic rings. The van der Waals surface area contributed by atoms with Gasteiger partial charge < -0.3 is 25.7 Å². The number of rotatable bonds is 8. The average molecular weight is 572 g/mol. The number of carboxylic acid groups (broad SMARTS) is 3. The molecule has 0 aromatic carbocycles. The Hall–Kier alpha value is -3.72. The van der Waals surface area contributed by atoms with Gasteiger partial charge in [0, 0.05) is 31.0 Å². The Bertz CT molecular complexity index is 1220. The van der Waals surface area contributed by atoms with Gasteiger partial charge in [0.2, 0.25) is 0 Å². The van der Waals surface area contributed by atoms with Crippen LogP contribution in [0.25, 0.3) is 0 Å². The Morgan fingerprint density at radius 2 is 1.80 bits per heavy atom. The van der Waals surface area contributed by atoms with Crippen molar-refractivity contribution in [3.05, 3.63) is 41.3 Å². The van der Waals surface area contributed by atoms with Crippen LogP contribution < -0.4 is 5.32 Å². The number of aliphatic hydroxyl groups is 1. The van der Waals surface area contributed by atoms with E-state index in [2.05, 4.69) is 20.3 Å². The van der Waals surface area contributed by atoms with Crippen molar-refractivity contribution in [2.45, 2.75) is 82.4 Å². The van der Waals surface area contributed by atoms with Crippen molar-refractivity contribution in [1.29, 1.82) is 0 Å². The van der Waals surface area contributed by atoms with Crippen LogP contribution >= 0.6 is 0 Å². The van der Waals surface area contributed by atoms with Crippen molar-refractivity contribution in [3.8, 4) is 0 Å². The fraction of sp³-hybridized carbons (Fsp3) is 0.560. The van der Waals surface area contributed by atoms with Crippen molar-refractivity contribution in [2.24, 2.45) is 0 Å². The summed E-state index contributed by atoms with van der Waals surface area (Å²) in [4.78, 5) is 36.9. The van der Waals surface area contributed by atoms with Crippen LogP contribution in [0.2, 0.25) is 0 Å². The lowest BCUT2D eigenvalue weighted by Gasteiger charge is -2.31. The summed E-state index contributed by atoms with van der Waals surface area (Å²) in [5.41, 5.74) is 0.309. The fourth-order valence-electron chi connectivity index (χ4n) is 4.90. The number of carbonyl (C=O) groups is 3. The Morgan fingerprint density at radius 3 is 2.35 bits per heavy atom. The number of pyridine rings is 1. The van der Waals surface area contributed by atoms with E-state index in [-0.39, 0.29) is 18.5 Å². The van der Waals surface area contributed by atoms with Crippen LogP contribution in [-0.4, -0.2) is 82.4 Å². The zero-order valence-corrected chi connectivity index (χ0v) is 21.9. The number of halogens is 3. The van der Waals surface area contributed by atoms with Crippen LogP contribution in [0.15, 0.2) is 24.5 Å². The standard InChI is InChI=1S/C19H24F3N5.C6H8O7/c1-12-10-23-6-5-14(12)11-26-7-3-4-16(26)15-9-18-24-13(2)8-17(19(20,21)22)27(18)25-15;7-3(8)1-6(13,5(11)12)2-4(9)10/h5-6,9-10,13,16-17,24H,3-4,7-8,11H2,1-2H3;13H,1-2H2,(H,7,8)(H,9,10)(H,11,12)/t13-,16?,17-;/m1./s1. The van der Waals surface area contributed by atoms with Gasteiger partial charge in [-0.25, -0.2) is 9.48 Å². The van der Waals surface area contributed by atoms with Crippen molar-refractivity contribution in [2.75, 3.05) is 11.9 Å². The second-order valence-corrected chi connectivity index (χ2v) is 10.1. The zero-order valence-electron chi connectivity index (χ0n) is 21.9. The summed E-state index contributed by atoms with van der Waals surface area (Å²) >= 11 is 0. The molecule has 5 N–H and O–H groups in total. The Labute approximate surface area is 227 Å². The molecule has 2 aromatic heterocycles. The van der Waals surface area contributed by atoms with E-state index in [0.717, 1.165) is 41.9 Å². The maximum atomic E-state index is 13.5. The number of nitrogens with one attached hydrogen (secondary N) is 1. The molecule has 220 valence electrons. The predicted octanol–water partition coefficient (Wildman–Crippen LogP) is 2.98. The van der Waals surface area contributed by atoms with E-state index in [0.29, 0.717) is 5.82 Å². The van der Waals surface area contributed by atoms with E-state index < -0.39 is 48.6 Å². The van der Waals surface area contributed by atoms with E-state index >= 15 is 0 Å².